The molecular formula is C19H17N3O4. The smallest absolute Gasteiger partial charge is 0.337 e. The topological polar surface area (TPSA) is 88.1 Å². The van der Waals surface area contributed by atoms with Gasteiger partial charge in [0.1, 0.15) is 5.71 Å². The van der Waals surface area contributed by atoms with Crippen LogP contribution in [0.25, 0.3) is 0 Å². The number of nitrogens with one attached hydrogen (secondary N) is 1. The van der Waals surface area contributed by atoms with Crippen LogP contribution in [0.3, 0.4) is 0 Å². The Hall–Kier alpha value is -3.48. The van der Waals surface area contributed by atoms with Gasteiger partial charge in [-0.25, -0.2) is 9.80 Å². The van der Waals surface area contributed by atoms with Gasteiger partial charge in [0.15, 0.2) is 0 Å². The molecule has 0 atom stereocenters. The van der Waals surface area contributed by atoms with Gasteiger partial charge < -0.3 is 10.1 Å². The SMILES string of the molecule is COC(=O)c1ccc(NC(=O)C2=NN(c3ccccc3)C(=O)CC2)cc1. The Morgan fingerprint density at radius 3 is 2.38 bits per heavy atom. The number of para-hydroxylation sites is 1. The molecule has 0 bridgehead atoms. The summed E-state index contributed by atoms with van der Waals surface area (Å²) in [5.74, 6) is -0.990. The zero-order valence-corrected chi connectivity index (χ0v) is 14.1. The third kappa shape index (κ3) is 3.77. The molecule has 1 aliphatic heterocycles. The summed E-state index contributed by atoms with van der Waals surface area (Å²) >= 11 is 0. The first-order valence-corrected chi connectivity index (χ1v) is 8.03. The molecule has 0 aliphatic carbocycles. The van der Waals surface area contributed by atoms with Crippen molar-refractivity contribution in [2.24, 2.45) is 5.10 Å². The molecule has 0 saturated carbocycles. The summed E-state index contributed by atoms with van der Waals surface area (Å²) in [6.07, 6.45) is 0.483. The summed E-state index contributed by atoms with van der Waals surface area (Å²) in [6, 6.07) is 15.3. The van der Waals surface area contributed by atoms with Gasteiger partial charge in [-0.15, -0.1) is 0 Å². The fourth-order valence-electron chi connectivity index (χ4n) is 2.50. The van der Waals surface area contributed by atoms with Gasteiger partial charge >= 0.3 is 5.97 Å². The number of methoxy groups -OCH3 is 1. The van der Waals surface area contributed by atoms with Crippen LogP contribution in [0.4, 0.5) is 11.4 Å². The van der Waals surface area contributed by atoms with Crippen LogP contribution >= 0.6 is 0 Å². The number of rotatable bonds is 4. The Morgan fingerprint density at radius 1 is 1.04 bits per heavy atom. The van der Waals surface area contributed by atoms with Crippen molar-refractivity contribution >= 4 is 34.9 Å². The van der Waals surface area contributed by atoms with E-state index in [0.29, 0.717) is 16.9 Å². The summed E-state index contributed by atoms with van der Waals surface area (Å²) in [5.41, 5.74) is 1.80. The van der Waals surface area contributed by atoms with Crippen molar-refractivity contribution in [3.05, 3.63) is 60.2 Å². The average molecular weight is 351 g/mol. The van der Waals surface area contributed by atoms with Crippen LogP contribution in [0.5, 0.6) is 0 Å². The van der Waals surface area contributed by atoms with Crippen LogP contribution < -0.4 is 10.3 Å². The molecule has 0 unspecified atom stereocenters. The second-order valence-electron chi connectivity index (χ2n) is 5.61. The van der Waals surface area contributed by atoms with Crippen molar-refractivity contribution in [1.29, 1.82) is 0 Å². The van der Waals surface area contributed by atoms with Crippen LogP contribution in [-0.2, 0) is 14.3 Å². The molecular weight excluding hydrogens is 334 g/mol. The van der Waals surface area contributed by atoms with Crippen LogP contribution in [0.2, 0.25) is 0 Å². The van der Waals surface area contributed by atoms with Crippen molar-refractivity contribution in [3.63, 3.8) is 0 Å². The highest BCUT2D eigenvalue weighted by Gasteiger charge is 2.25. The standard InChI is InChI=1S/C19H17N3O4/c1-26-19(25)13-7-9-14(10-8-13)20-18(24)16-11-12-17(23)22(21-16)15-5-3-2-4-6-15/h2-10H,11-12H2,1H3,(H,20,24). The third-order valence-corrected chi connectivity index (χ3v) is 3.86. The highest BCUT2D eigenvalue weighted by Crippen LogP contribution is 2.20. The minimum absolute atomic E-state index is 0.157. The molecule has 7 heteroatoms. The Balaban J connectivity index is 1.75. The maximum Gasteiger partial charge on any atom is 0.337 e. The van der Waals surface area contributed by atoms with E-state index in [0.717, 1.165) is 0 Å². The van der Waals surface area contributed by atoms with Gasteiger partial charge in [-0.3, -0.25) is 9.59 Å². The number of nitrogens with zero attached hydrogens (tertiary/aromatic N) is 2. The molecule has 2 aromatic rings. The lowest BCUT2D eigenvalue weighted by Crippen LogP contribution is -2.36. The molecule has 1 aliphatic rings. The lowest BCUT2D eigenvalue weighted by atomic mass is 10.1. The van der Waals surface area contributed by atoms with Crippen LogP contribution in [0, 0.1) is 0 Å². The minimum atomic E-state index is -0.448. The molecule has 2 aromatic carbocycles. The van der Waals surface area contributed by atoms with Gasteiger partial charge in [0.05, 0.1) is 18.4 Å². The summed E-state index contributed by atoms with van der Waals surface area (Å²) < 4.78 is 4.63. The van der Waals surface area contributed by atoms with Crippen molar-refractivity contribution in [3.8, 4) is 0 Å². The first-order valence-electron chi connectivity index (χ1n) is 8.03. The largest absolute Gasteiger partial charge is 0.465 e. The Labute approximate surface area is 150 Å². The molecule has 7 nitrogen and oxygen atoms in total. The quantitative estimate of drug-likeness (QED) is 0.858. The number of ether oxygens (including phenoxy) is 1. The molecule has 0 aromatic heterocycles. The van der Waals surface area contributed by atoms with Crippen LogP contribution in [-0.4, -0.2) is 30.6 Å². The molecule has 0 saturated heterocycles. The Morgan fingerprint density at radius 2 is 1.73 bits per heavy atom. The van der Waals surface area contributed by atoms with Crippen LogP contribution in [0.1, 0.15) is 23.2 Å². The van der Waals surface area contributed by atoms with Gasteiger partial charge in [0.25, 0.3) is 5.91 Å². The minimum Gasteiger partial charge on any atom is -0.465 e. The molecule has 0 radical (unpaired) electrons. The maximum absolute atomic E-state index is 12.5. The second-order valence-corrected chi connectivity index (χ2v) is 5.61. The first-order chi connectivity index (χ1) is 12.6. The lowest BCUT2D eigenvalue weighted by Gasteiger charge is -2.23. The van der Waals surface area contributed by atoms with E-state index in [1.165, 1.54) is 12.1 Å². The van der Waals surface area contributed by atoms with E-state index in [2.05, 4.69) is 15.2 Å². The molecule has 1 N–H and O–H groups in total. The van der Waals surface area contributed by atoms with Gasteiger partial charge in [-0.2, -0.15) is 5.10 Å². The fourth-order valence-corrected chi connectivity index (χ4v) is 2.50. The number of anilines is 2. The molecule has 132 valence electrons. The number of benzene rings is 2. The zero-order valence-electron chi connectivity index (χ0n) is 14.1. The molecule has 2 amide bonds. The number of hydrogen-bond donors (Lipinski definition) is 1. The zero-order chi connectivity index (χ0) is 18.5. The van der Waals surface area contributed by atoms with E-state index in [1.54, 1.807) is 48.5 Å². The molecule has 1 heterocycles. The van der Waals surface area contributed by atoms with Crippen LogP contribution in [0.15, 0.2) is 59.7 Å². The number of carbonyl (C=O) groups excluding carboxylic acids is 3. The van der Waals surface area contributed by atoms with E-state index in [1.807, 2.05) is 6.07 Å². The molecule has 3 rings (SSSR count). The predicted octanol–water partition coefficient (Wildman–Crippen LogP) is 2.59. The predicted molar refractivity (Wildman–Crippen MR) is 97.0 cm³/mol. The van der Waals surface area contributed by atoms with E-state index < -0.39 is 5.97 Å². The second kappa shape index (κ2) is 7.60. The fraction of sp³-hybridized carbons (Fsp3) is 0.158. The monoisotopic (exact) mass is 351 g/mol. The average Bonchev–Trinajstić information content (AvgIpc) is 2.69. The van der Waals surface area contributed by atoms with Crippen molar-refractivity contribution in [2.75, 3.05) is 17.4 Å². The summed E-state index contributed by atoms with van der Waals surface area (Å²) in [4.78, 5) is 36.0. The maximum atomic E-state index is 12.5. The van der Waals surface area contributed by atoms with E-state index in [4.69, 9.17) is 0 Å². The van der Waals surface area contributed by atoms with Gasteiger partial charge in [-0.1, -0.05) is 18.2 Å². The van der Waals surface area contributed by atoms with Gasteiger partial charge in [0, 0.05) is 18.5 Å². The Bertz CT molecular complexity index is 860. The van der Waals surface area contributed by atoms with Crippen molar-refractivity contribution < 1.29 is 19.1 Å². The van der Waals surface area contributed by atoms with Crippen molar-refractivity contribution in [1.82, 2.24) is 0 Å². The van der Waals surface area contributed by atoms with E-state index >= 15 is 0 Å². The number of hydrazone groups is 1. The number of carbonyl (C=O) groups is 3. The van der Waals surface area contributed by atoms with Crippen molar-refractivity contribution in [2.45, 2.75) is 12.8 Å². The van der Waals surface area contributed by atoms with Gasteiger partial charge in [0.2, 0.25) is 5.91 Å². The number of amides is 2. The molecule has 0 fully saturated rings. The third-order valence-electron chi connectivity index (χ3n) is 3.86. The first kappa shape index (κ1) is 17.3. The van der Waals surface area contributed by atoms with E-state index in [9.17, 15) is 14.4 Å². The molecule has 26 heavy (non-hydrogen) atoms. The number of esters is 1. The number of hydrogen-bond acceptors (Lipinski definition) is 5. The lowest BCUT2D eigenvalue weighted by molar-refractivity contribution is -0.118. The highest BCUT2D eigenvalue weighted by atomic mass is 16.5. The van der Waals surface area contributed by atoms with E-state index in [-0.39, 0.29) is 30.4 Å². The van der Waals surface area contributed by atoms with Gasteiger partial charge in [-0.05, 0) is 36.4 Å². The summed E-state index contributed by atoms with van der Waals surface area (Å²) in [7, 11) is 1.30. The highest BCUT2D eigenvalue weighted by molar-refractivity contribution is 6.44. The normalized spacial score (nSPS) is 13.8. The Kier molecular flexibility index (Phi) is 5.07. The molecule has 0 spiro atoms. The summed E-state index contributed by atoms with van der Waals surface area (Å²) in [6.45, 7) is 0. The summed E-state index contributed by atoms with van der Waals surface area (Å²) in [5, 5.41) is 8.17.